The number of allylic oxidation sites excluding steroid dienone is 5. The number of fused-ring (bicyclic) bond motifs is 1. The van der Waals surface area contributed by atoms with Crippen LogP contribution in [-0.4, -0.2) is 44.2 Å². The van der Waals surface area contributed by atoms with Crippen LogP contribution in [0, 0.1) is 5.82 Å². The summed E-state index contributed by atoms with van der Waals surface area (Å²) < 4.78 is 38.7. The molecule has 2 aromatic carbocycles. The summed E-state index contributed by atoms with van der Waals surface area (Å²) >= 11 is 5.98. The van der Waals surface area contributed by atoms with E-state index in [9.17, 15) is 9.18 Å². The van der Waals surface area contributed by atoms with Gasteiger partial charge >= 0.3 is 0 Å². The Kier molecular flexibility index (Phi) is 9.36. The van der Waals surface area contributed by atoms with Gasteiger partial charge in [-0.2, -0.15) is 5.10 Å². The highest BCUT2D eigenvalue weighted by Gasteiger charge is 2.27. The Morgan fingerprint density at radius 1 is 1.18 bits per heavy atom. The standard InChI is InChI=1S/C34H36ClF2N5O2/c1-5-28(36)30(10-7-15-44-25-9-6-8-24(35)18-25)42-34(38)27(20-39-42)33(43)32-17-23-16-29(37)26(19-31(23)40(32)4)22-11-13-41(14-12-22)21(2)3/h5-10,15-22H,11-14,38H2,1-4H3/b15-7+,28-5+,30-10+. The van der Waals surface area contributed by atoms with Gasteiger partial charge in [0.1, 0.15) is 28.9 Å². The van der Waals surface area contributed by atoms with Crippen molar-refractivity contribution in [2.24, 2.45) is 7.05 Å². The van der Waals surface area contributed by atoms with Crippen molar-refractivity contribution >= 4 is 39.8 Å². The van der Waals surface area contributed by atoms with Gasteiger partial charge in [0.25, 0.3) is 0 Å². The topological polar surface area (TPSA) is 78.3 Å². The third kappa shape index (κ3) is 6.34. The molecular weight excluding hydrogens is 584 g/mol. The minimum atomic E-state index is -0.599. The molecule has 2 aromatic heterocycles. The number of nitrogen functional groups attached to an aromatic ring is 1. The molecule has 4 aromatic rings. The molecule has 0 bridgehead atoms. The van der Waals surface area contributed by atoms with Gasteiger partial charge in [-0.15, -0.1) is 0 Å². The quantitative estimate of drug-likeness (QED) is 0.117. The first kappa shape index (κ1) is 31.2. The van der Waals surface area contributed by atoms with Crippen LogP contribution in [0.3, 0.4) is 0 Å². The number of benzene rings is 2. The van der Waals surface area contributed by atoms with Crippen LogP contribution in [0.25, 0.3) is 16.6 Å². The molecule has 230 valence electrons. The van der Waals surface area contributed by atoms with Gasteiger partial charge in [0.15, 0.2) is 0 Å². The molecule has 0 aliphatic carbocycles. The summed E-state index contributed by atoms with van der Waals surface area (Å²) in [5, 5.41) is 5.37. The number of ketones is 1. The first-order chi connectivity index (χ1) is 21.1. The maximum Gasteiger partial charge on any atom is 0.214 e. The predicted molar refractivity (Wildman–Crippen MR) is 172 cm³/mol. The van der Waals surface area contributed by atoms with Crippen LogP contribution in [0.5, 0.6) is 5.75 Å². The number of likely N-dealkylation sites (tertiary alicyclic amines) is 1. The van der Waals surface area contributed by atoms with Crippen LogP contribution in [0.1, 0.15) is 61.1 Å². The van der Waals surface area contributed by atoms with Crippen molar-refractivity contribution in [3.63, 3.8) is 0 Å². The van der Waals surface area contributed by atoms with Crippen molar-refractivity contribution < 1.29 is 18.3 Å². The molecule has 0 amide bonds. The Balaban J connectivity index is 1.41. The van der Waals surface area contributed by atoms with E-state index in [1.165, 1.54) is 43.7 Å². The van der Waals surface area contributed by atoms with Gasteiger partial charge in [-0.3, -0.25) is 4.79 Å². The number of nitrogens with zero attached hydrogens (tertiary/aromatic N) is 4. The third-order valence-electron chi connectivity index (χ3n) is 8.20. The zero-order chi connectivity index (χ0) is 31.5. The van der Waals surface area contributed by atoms with Crippen molar-refractivity contribution in [3.8, 4) is 5.75 Å². The van der Waals surface area contributed by atoms with Gasteiger partial charge in [-0.05, 0) is 113 Å². The molecule has 0 radical (unpaired) electrons. The van der Waals surface area contributed by atoms with Gasteiger partial charge in [0.05, 0.1) is 23.7 Å². The Labute approximate surface area is 260 Å². The van der Waals surface area contributed by atoms with E-state index < -0.39 is 11.6 Å². The summed E-state index contributed by atoms with van der Waals surface area (Å²) in [6.45, 7) is 7.74. The first-order valence-corrected chi connectivity index (χ1v) is 15.0. The number of rotatable bonds is 9. The lowest BCUT2D eigenvalue weighted by Crippen LogP contribution is -2.38. The normalized spacial score (nSPS) is 15.6. The molecule has 0 unspecified atom stereocenters. The molecule has 1 aliphatic rings. The minimum absolute atomic E-state index is 0.0160. The second-order valence-electron chi connectivity index (χ2n) is 11.2. The maximum atomic E-state index is 15.3. The summed E-state index contributed by atoms with van der Waals surface area (Å²) in [5.74, 6) is -0.662. The van der Waals surface area contributed by atoms with Crippen molar-refractivity contribution in [3.05, 3.63) is 107 Å². The molecule has 2 N–H and O–H groups in total. The van der Waals surface area contributed by atoms with E-state index in [1.807, 2.05) is 6.07 Å². The van der Waals surface area contributed by atoms with E-state index in [2.05, 4.69) is 23.8 Å². The number of nitrogens with two attached hydrogens (primary N) is 1. The lowest BCUT2D eigenvalue weighted by atomic mass is 9.88. The molecule has 0 atom stereocenters. The van der Waals surface area contributed by atoms with Crippen LogP contribution in [0.2, 0.25) is 5.02 Å². The molecule has 1 fully saturated rings. The molecule has 1 saturated heterocycles. The summed E-state index contributed by atoms with van der Waals surface area (Å²) in [6, 6.07) is 12.3. The molecule has 3 heterocycles. The van der Waals surface area contributed by atoms with Crippen molar-refractivity contribution in [1.29, 1.82) is 0 Å². The maximum absolute atomic E-state index is 15.3. The molecule has 7 nitrogen and oxygen atoms in total. The van der Waals surface area contributed by atoms with Crippen molar-refractivity contribution in [2.75, 3.05) is 18.8 Å². The first-order valence-electron chi connectivity index (χ1n) is 14.6. The fourth-order valence-electron chi connectivity index (χ4n) is 5.68. The molecule has 1 aliphatic heterocycles. The van der Waals surface area contributed by atoms with Crippen LogP contribution in [-0.2, 0) is 7.05 Å². The highest BCUT2D eigenvalue weighted by atomic mass is 35.5. The Morgan fingerprint density at radius 2 is 1.93 bits per heavy atom. The van der Waals surface area contributed by atoms with Crippen LogP contribution in [0.4, 0.5) is 14.6 Å². The number of aromatic nitrogens is 3. The van der Waals surface area contributed by atoms with E-state index in [0.29, 0.717) is 33.5 Å². The number of carbonyl (C=O) groups excluding carboxylic acids is 1. The van der Waals surface area contributed by atoms with Gasteiger partial charge in [-0.25, -0.2) is 13.5 Å². The lowest BCUT2D eigenvalue weighted by molar-refractivity contribution is 0.103. The zero-order valence-corrected chi connectivity index (χ0v) is 26.0. The molecular formula is C34H36ClF2N5O2. The Morgan fingerprint density at radius 3 is 2.61 bits per heavy atom. The number of aryl methyl sites for hydroxylation is 1. The van der Waals surface area contributed by atoms with Crippen LogP contribution < -0.4 is 10.5 Å². The molecule has 10 heteroatoms. The molecule has 44 heavy (non-hydrogen) atoms. The number of carbonyl (C=O) groups is 1. The number of anilines is 1. The summed E-state index contributed by atoms with van der Waals surface area (Å²) in [5.41, 5.74) is 8.25. The van der Waals surface area contributed by atoms with E-state index in [4.69, 9.17) is 22.1 Å². The van der Waals surface area contributed by atoms with E-state index in [1.54, 1.807) is 41.9 Å². The number of hydrogen-bond donors (Lipinski definition) is 1. The lowest BCUT2D eigenvalue weighted by Gasteiger charge is -2.34. The highest BCUT2D eigenvalue weighted by molar-refractivity contribution is 6.30. The number of hydrogen-bond acceptors (Lipinski definition) is 5. The Hall–Kier alpha value is -4.21. The average molecular weight is 620 g/mol. The third-order valence-corrected chi connectivity index (χ3v) is 8.44. The van der Waals surface area contributed by atoms with E-state index >= 15 is 4.39 Å². The second kappa shape index (κ2) is 13.2. The van der Waals surface area contributed by atoms with Crippen LogP contribution >= 0.6 is 11.6 Å². The largest absolute Gasteiger partial charge is 0.465 e. The summed E-state index contributed by atoms with van der Waals surface area (Å²) in [6.07, 6.45) is 8.64. The second-order valence-corrected chi connectivity index (χ2v) is 11.6. The molecule has 0 saturated carbocycles. The average Bonchev–Trinajstić information content (AvgIpc) is 3.54. The van der Waals surface area contributed by atoms with Gasteiger partial charge in [-0.1, -0.05) is 17.7 Å². The SMILES string of the molecule is C\C=C(F)/C(=C\C=C\Oc1cccc(Cl)c1)n1ncc(C(=O)c2cc3cc(F)c(C4CCN(C(C)C)CC4)cc3n2C)c1N. The van der Waals surface area contributed by atoms with Gasteiger partial charge in [0.2, 0.25) is 5.78 Å². The van der Waals surface area contributed by atoms with Gasteiger partial charge in [0, 0.05) is 29.0 Å². The van der Waals surface area contributed by atoms with E-state index in [-0.39, 0.29) is 28.8 Å². The number of ether oxygens (including phenoxy) is 1. The van der Waals surface area contributed by atoms with Crippen molar-refractivity contribution in [1.82, 2.24) is 19.2 Å². The Bertz CT molecular complexity index is 1780. The minimum Gasteiger partial charge on any atom is -0.465 e. The molecule has 5 rings (SSSR count). The number of piperidine rings is 1. The fraction of sp³-hybridized carbons (Fsp3) is 0.294. The monoisotopic (exact) mass is 619 g/mol. The fourth-order valence-corrected chi connectivity index (χ4v) is 5.86. The molecule has 0 spiro atoms. The highest BCUT2D eigenvalue weighted by Crippen LogP contribution is 2.34. The van der Waals surface area contributed by atoms with E-state index in [0.717, 1.165) is 36.1 Å². The summed E-state index contributed by atoms with van der Waals surface area (Å²) in [7, 11) is 1.77. The van der Waals surface area contributed by atoms with Crippen LogP contribution in [0.15, 0.2) is 79.0 Å². The summed E-state index contributed by atoms with van der Waals surface area (Å²) in [4.78, 5) is 16.1. The van der Waals surface area contributed by atoms with Crippen molar-refractivity contribution in [2.45, 2.75) is 45.6 Å². The zero-order valence-electron chi connectivity index (χ0n) is 25.2. The van der Waals surface area contributed by atoms with Gasteiger partial charge < -0.3 is 19.9 Å². The number of halogens is 3. The smallest absolute Gasteiger partial charge is 0.214 e. The predicted octanol–water partition coefficient (Wildman–Crippen LogP) is 7.88.